The number of carbonyl (C=O) groups is 1. The van der Waals surface area contributed by atoms with Crippen molar-refractivity contribution in [1.82, 2.24) is 5.32 Å². The summed E-state index contributed by atoms with van der Waals surface area (Å²) in [7, 11) is 1.30. The molecule has 0 bridgehead atoms. The van der Waals surface area contributed by atoms with Gasteiger partial charge in [-0.3, -0.25) is 9.36 Å². The molecule has 9 heteroatoms. The maximum absolute atomic E-state index is 13.0. The van der Waals surface area contributed by atoms with E-state index in [2.05, 4.69) is 67.8 Å². The first-order chi connectivity index (χ1) is 34.5. The number of carbonyl (C=O) groups excluding carboxylic acids is 1. The third kappa shape index (κ3) is 56.0. The molecular formula is C62H119N2O6P. The summed E-state index contributed by atoms with van der Waals surface area (Å²) in [6.07, 6.45) is 70.2. The monoisotopic (exact) mass is 1020 g/mol. The number of nitrogens with one attached hydrogen (secondary N) is 1. The molecule has 0 aliphatic heterocycles. The van der Waals surface area contributed by atoms with E-state index in [9.17, 15) is 19.4 Å². The number of hydrogen-bond donors (Lipinski definition) is 2. The molecule has 8 nitrogen and oxygen atoms in total. The van der Waals surface area contributed by atoms with E-state index in [1.807, 2.05) is 21.1 Å². The molecule has 0 aliphatic rings. The van der Waals surface area contributed by atoms with Gasteiger partial charge in [0.05, 0.1) is 39.9 Å². The number of likely N-dealkylation sites (N-methyl/N-ethyl adjacent to an activating group) is 1. The number of aliphatic hydroxyl groups is 1. The summed E-state index contributed by atoms with van der Waals surface area (Å²) in [5, 5.41) is 14.0. The fraction of sp³-hybridized carbons (Fsp3) is 0.855. The molecule has 2 N–H and O–H groups in total. The minimum absolute atomic E-state index is 0.00790. The van der Waals surface area contributed by atoms with Gasteiger partial charge in [-0.05, 0) is 51.4 Å². The van der Waals surface area contributed by atoms with E-state index in [1.165, 1.54) is 186 Å². The smallest absolute Gasteiger partial charge is 0.268 e. The van der Waals surface area contributed by atoms with Crippen LogP contribution in [0.25, 0.3) is 0 Å². The average Bonchev–Trinajstić information content (AvgIpc) is 3.33. The molecule has 0 spiro atoms. The third-order valence-corrected chi connectivity index (χ3v) is 14.8. The van der Waals surface area contributed by atoms with Gasteiger partial charge in [-0.15, -0.1) is 0 Å². The fourth-order valence-corrected chi connectivity index (χ4v) is 9.82. The second-order valence-corrected chi connectivity index (χ2v) is 23.4. The molecule has 1 amide bonds. The zero-order valence-electron chi connectivity index (χ0n) is 47.7. The largest absolute Gasteiger partial charge is 0.756 e. The van der Waals surface area contributed by atoms with Gasteiger partial charge in [0.15, 0.2) is 0 Å². The van der Waals surface area contributed by atoms with Gasteiger partial charge in [-0.1, -0.05) is 281 Å². The van der Waals surface area contributed by atoms with E-state index < -0.39 is 20.0 Å². The molecule has 0 fully saturated rings. The molecule has 0 aromatic heterocycles. The van der Waals surface area contributed by atoms with Crippen LogP contribution < -0.4 is 10.2 Å². The number of rotatable bonds is 56. The quantitative estimate of drug-likeness (QED) is 0.0272. The standard InChI is InChI=1S/C62H119N2O6P/c1-6-8-10-12-14-16-18-20-22-24-26-27-28-29-30-31-32-33-34-35-36-38-39-41-43-45-47-49-51-53-55-61(65)60(59-70-71(67,68)69-58-57-64(3,4)5)63-62(66)56-54-52-50-48-46-44-42-40-37-25-23-21-19-17-15-13-11-9-7-2/h9,11,15,17,21,23,37,40,60-61,65H,6-8,10,12-14,16,18-20,22,24-36,38-39,41-59H2,1-5H3,(H-,63,66,67,68)/b11-9-,17-15-,23-21-,40-37-. The molecule has 0 radical (unpaired) electrons. The van der Waals surface area contributed by atoms with E-state index in [1.54, 1.807) is 0 Å². The minimum Gasteiger partial charge on any atom is -0.756 e. The zero-order valence-corrected chi connectivity index (χ0v) is 48.6. The van der Waals surface area contributed by atoms with Crippen LogP contribution in [0.2, 0.25) is 0 Å². The van der Waals surface area contributed by atoms with Gasteiger partial charge in [0.1, 0.15) is 13.2 Å². The molecule has 71 heavy (non-hydrogen) atoms. The van der Waals surface area contributed by atoms with Crippen LogP contribution in [0.3, 0.4) is 0 Å². The maximum atomic E-state index is 13.0. The van der Waals surface area contributed by atoms with Gasteiger partial charge in [0, 0.05) is 6.42 Å². The van der Waals surface area contributed by atoms with Crippen molar-refractivity contribution >= 4 is 13.7 Å². The molecule has 0 rings (SSSR count). The Morgan fingerprint density at radius 2 is 0.859 bits per heavy atom. The summed E-state index contributed by atoms with van der Waals surface area (Å²) in [6, 6.07) is -0.811. The van der Waals surface area contributed by atoms with Crippen molar-refractivity contribution in [3.8, 4) is 0 Å². The lowest BCUT2D eigenvalue weighted by atomic mass is 10.0. The zero-order chi connectivity index (χ0) is 52.0. The second-order valence-electron chi connectivity index (χ2n) is 22.0. The topological polar surface area (TPSA) is 108 Å². The van der Waals surface area contributed by atoms with Crippen molar-refractivity contribution in [2.75, 3.05) is 40.9 Å². The summed E-state index contributed by atoms with van der Waals surface area (Å²) in [4.78, 5) is 25.5. The highest BCUT2D eigenvalue weighted by atomic mass is 31.2. The number of phosphoric acid groups is 1. The van der Waals surface area contributed by atoms with Crippen molar-refractivity contribution < 1.29 is 32.9 Å². The summed E-state index contributed by atoms with van der Waals surface area (Å²) >= 11 is 0. The Bertz CT molecular complexity index is 1290. The first-order valence-corrected chi connectivity index (χ1v) is 31.9. The number of nitrogens with zero attached hydrogens (tertiary/aromatic N) is 1. The summed E-state index contributed by atoms with van der Waals surface area (Å²) < 4.78 is 23.4. The van der Waals surface area contributed by atoms with E-state index in [0.717, 1.165) is 77.0 Å². The average molecular weight is 1020 g/mol. The Kier molecular flexibility index (Phi) is 52.1. The van der Waals surface area contributed by atoms with Crippen LogP contribution in [0.4, 0.5) is 0 Å². The van der Waals surface area contributed by atoms with Crippen LogP contribution in [0, 0.1) is 0 Å². The third-order valence-electron chi connectivity index (χ3n) is 13.8. The molecule has 3 unspecified atom stereocenters. The summed E-state index contributed by atoms with van der Waals surface area (Å²) in [5.74, 6) is -0.176. The van der Waals surface area contributed by atoms with E-state index in [0.29, 0.717) is 23.9 Å². The lowest BCUT2D eigenvalue weighted by molar-refractivity contribution is -0.870. The van der Waals surface area contributed by atoms with Gasteiger partial charge in [-0.25, -0.2) is 0 Å². The Morgan fingerprint density at radius 1 is 0.507 bits per heavy atom. The number of phosphoric ester groups is 1. The summed E-state index contributed by atoms with van der Waals surface area (Å²) in [5.41, 5.74) is 0. The van der Waals surface area contributed by atoms with Gasteiger partial charge < -0.3 is 28.8 Å². The molecule has 0 aromatic rings. The first kappa shape index (κ1) is 69.5. The predicted octanol–water partition coefficient (Wildman–Crippen LogP) is 18.1. The first-order valence-electron chi connectivity index (χ1n) is 30.5. The Balaban J connectivity index is 4.09. The van der Waals surface area contributed by atoms with Crippen molar-refractivity contribution in [1.29, 1.82) is 0 Å². The Hall–Kier alpha value is -1.54. The number of quaternary nitrogens is 1. The molecular weight excluding hydrogens is 900 g/mol. The van der Waals surface area contributed by atoms with Crippen LogP contribution in [-0.4, -0.2) is 68.5 Å². The van der Waals surface area contributed by atoms with Crippen LogP contribution in [0.15, 0.2) is 48.6 Å². The SMILES string of the molecule is CC/C=C\C/C=C\C/C=C\C/C=C\CCCCCCCCC(=O)NC(COP(=O)([O-])OCC[N+](C)(C)C)C(O)CCCCCCCCCCCCCCCCCCCCCCCCCCCCCCCC. The van der Waals surface area contributed by atoms with Gasteiger partial charge in [0.25, 0.3) is 7.82 Å². The lowest BCUT2D eigenvalue weighted by Gasteiger charge is -2.30. The van der Waals surface area contributed by atoms with Crippen molar-refractivity contribution in [3.05, 3.63) is 48.6 Å². The normalized spacial score (nSPS) is 14.2. The van der Waals surface area contributed by atoms with Gasteiger partial charge in [0.2, 0.25) is 5.91 Å². The van der Waals surface area contributed by atoms with Gasteiger partial charge >= 0.3 is 0 Å². The van der Waals surface area contributed by atoms with Crippen LogP contribution in [0.1, 0.15) is 290 Å². The number of aliphatic hydroxyl groups excluding tert-OH is 1. The van der Waals surface area contributed by atoms with Gasteiger partial charge in [-0.2, -0.15) is 0 Å². The second kappa shape index (κ2) is 53.3. The predicted molar refractivity (Wildman–Crippen MR) is 307 cm³/mol. The number of unbranched alkanes of at least 4 members (excludes halogenated alkanes) is 35. The van der Waals surface area contributed by atoms with Crippen molar-refractivity contribution in [2.45, 2.75) is 302 Å². The molecule has 0 saturated heterocycles. The van der Waals surface area contributed by atoms with E-state index in [4.69, 9.17) is 9.05 Å². The molecule has 418 valence electrons. The van der Waals surface area contributed by atoms with E-state index >= 15 is 0 Å². The highest BCUT2D eigenvalue weighted by Crippen LogP contribution is 2.38. The molecule has 0 saturated carbocycles. The fourth-order valence-electron chi connectivity index (χ4n) is 9.09. The Morgan fingerprint density at radius 3 is 1.25 bits per heavy atom. The van der Waals surface area contributed by atoms with Crippen LogP contribution in [0.5, 0.6) is 0 Å². The summed E-state index contributed by atoms with van der Waals surface area (Å²) in [6.45, 7) is 4.63. The molecule has 3 atom stereocenters. The number of amides is 1. The van der Waals surface area contributed by atoms with Crippen molar-refractivity contribution in [3.63, 3.8) is 0 Å². The van der Waals surface area contributed by atoms with Crippen LogP contribution >= 0.6 is 7.82 Å². The molecule has 0 aromatic carbocycles. The maximum Gasteiger partial charge on any atom is 0.268 e. The van der Waals surface area contributed by atoms with E-state index in [-0.39, 0.29) is 19.1 Å². The van der Waals surface area contributed by atoms with Crippen LogP contribution in [-0.2, 0) is 18.4 Å². The highest BCUT2D eigenvalue weighted by Gasteiger charge is 2.24. The number of allylic oxidation sites excluding steroid dienone is 8. The minimum atomic E-state index is -4.58. The molecule has 0 aliphatic carbocycles. The lowest BCUT2D eigenvalue weighted by Crippen LogP contribution is -2.46. The van der Waals surface area contributed by atoms with Crippen molar-refractivity contribution in [2.24, 2.45) is 0 Å². The highest BCUT2D eigenvalue weighted by molar-refractivity contribution is 7.45. The number of hydrogen-bond acceptors (Lipinski definition) is 6. The molecule has 0 heterocycles. The Labute approximate surface area is 441 Å².